The van der Waals surface area contributed by atoms with Crippen molar-refractivity contribution in [3.8, 4) is 0 Å². The normalized spacial score (nSPS) is 20.6. The summed E-state index contributed by atoms with van der Waals surface area (Å²) in [5.41, 5.74) is 6.00. The Bertz CT molecular complexity index is 185. The fourth-order valence-corrected chi connectivity index (χ4v) is 2.60. The lowest BCUT2D eigenvalue weighted by molar-refractivity contribution is 0.153. The van der Waals surface area contributed by atoms with E-state index in [4.69, 9.17) is 5.73 Å². The van der Waals surface area contributed by atoms with Crippen LogP contribution < -0.4 is 5.73 Å². The zero-order valence-corrected chi connectivity index (χ0v) is 11.6. The molecule has 0 unspecified atom stereocenters. The van der Waals surface area contributed by atoms with Crippen LogP contribution in [0.15, 0.2) is 0 Å². The van der Waals surface area contributed by atoms with E-state index in [2.05, 4.69) is 32.6 Å². The van der Waals surface area contributed by atoms with Gasteiger partial charge in [0.15, 0.2) is 0 Å². The second-order valence-corrected chi connectivity index (χ2v) is 6.52. The SMILES string of the molecule is CC(C)C1CCN(CCCC(C)(C)N)CC1. The van der Waals surface area contributed by atoms with E-state index in [1.807, 2.05) is 0 Å². The van der Waals surface area contributed by atoms with Crippen LogP contribution in [0, 0.1) is 11.8 Å². The molecule has 0 aliphatic carbocycles. The first-order chi connectivity index (χ1) is 7.38. The Hall–Kier alpha value is -0.0800. The molecule has 1 heterocycles. The van der Waals surface area contributed by atoms with E-state index >= 15 is 0 Å². The molecule has 1 rings (SSSR count). The highest BCUT2D eigenvalue weighted by Gasteiger charge is 2.21. The molecule has 0 saturated carbocycles. The molecule has 96 valence electrons. The summed E-state index contributed by atoms with van der Waals surface area (Å²) < 4.78 is 0. The molecule has 1 aliphatic heterocycles. The van der Waals surface area contributed by atoms with E-state index in [1.54, 1.807) is 0 Å². The molecule has 0 radical (unpaired) electrons. The summed E-state index contributed by atoms with van der Waals surface area (Å²) in [4.78, 5) is 2.62. The van der Waals surface area contributed by atoms with Crippen molar-refractivity contribution in [2.24, 2.45) is 17.6 Å². The average Bonchev–Trinajstić information content (AvgIpc) is 2.16. The fourth-order valence-electron chi connectivity index (χ4n) is 2.60. The number of nitrogens with two attached hydrogens (primary N) is 1. The number of hydrogen-bond donors (Lipinski definition) is 1. The first-order valence-corrected chi connectivity index (χ1v) is 6.90. The van der Waals surface area contributed by atoms with Crippen molar-refractivity contribution < 1.29 is 0 Å². The lowest BCUT2D eigenvalue weighted by Gasteiger charge is -2.34. The number of hydrogen-bond acceptors (Lipinski definition) is 2. The molecule has 0 spiro atoms. The molecule has 1 aliphatic rings. The summed E-state index contributed by atoms with van der Waals surface area (Å²) in [6.07, 6.45) is 5.17. The van der Waals surface area contributed by atoms with Gasteiger partial charge in [0.2, 0.25) is 0 Å². The van der Waals surface area contributed by atoms with E-state index in [9.17, 15) is 0 Å². The molecular formula is C14H30N2. The summed E-state index contributed by atoms with van der Waals surface area (Å²) in [5, 5.41) is 0. The zero-order valence-electron chi connectivity index (χ0n) is 11.6. The molecular weight excluding hydrogens is 196 g/mol. The molecule has 0 aromatic carbocycles. The lowest BCUT2D eigenvalue weighted by atomic mass is 9.86. The van der Waals surface area contributed by atoms with Gasteiger partial charge in [0.05, 0.1) is 0 Å². The second-order valence-electron chi connectivity index (χ2n) is 6.52. The molecule has 0 atom stereocenters. The zero-order chi connectivity index (χ0) is 12.2. The molecule has 0 aromatic rings. The van der Waals surface area contributed by atoms with E-state index < -0.39 is 0 Å². The minimum Gasteiger partial charge on any atom is -0.326 e. The van der Waals surface area contributed by atoms with Crippen LogP contribution in [0.5, 0.6) is 0 Å². The maximum Gasteiger partial charge on any atom is 0.00975 e. The van der Waals surface area contributed by atoms with Crippen molar-refractivity contribution in [3.63, 3.8) is 0 Å². The summed E-state index contributed by atoms with van der Waals surface area (Å²) >= 11 is 0. The summed E-state index contributed by atoms with van der Waals surface area (Å²) in [5.74, 6) is 1.83. The van der Waals surface area contributed by atoms with Crippen molar-refractivity contribution in [2.75, 3.05) is 19.6 Å². The van der Waals surface area contributed by atoms with Crippen LogP contribution in [-0.4, -0.2) is 30.1 Å². The number of nitrogens with zero attached hydrogens (tertiary/aromatic N) is 1. The van der Waals surface area contributed by atoms with Gasteiger partial charge in [0.1, 0.15) is 0 Å². The van der Waals surface area contributed by atoms with Crippen LogP contribution in [0.4, 0.5) is 0 Å². The Morgan fingerprint density at radius 2 is 1.81 bits per heavy atom. The predicted molar refractivity (Wildman–Crippen MR) is 71.5 cm³/mol. The average molecular weight is 226 g/mol. The monoisotopic (exact) mass is 226 g/mol. The van der Waals surface area contributed by atoms with Crippen LogP contribution in [0.25, 0.3) is 0 Å². The molecule has 2 heteroatoms. The summed E-state index contributed by atoms with van der Waals surface area (Å²) in [7, 11) is 0. The first-order valence-electron chi connectivity index (χ1n) is 6.90. The van der Waals surface area contributed by atoms with Gasteiger partial charge in [-0.3, -0.25) is 0 Å². The topological polar surface area (TPSA) is 29.3 Å². The van der Waals surface area contributed by atoms with Crippen molar-refractivity contribution in [1.82, 2.24) is 4.90 Å². The predicted octanol–water partition coefficient (Wildman–Crippen LogP) is 2.87. The molecule has 0 amide bonds. The van der Waals surface area contributed by atoms with Crippen LogP contribution in [-0.2, 0) is 0 Å². The molecule has 16 heavy (non-hydrogen) atoms. The lowest BCUT2D eigenvalue weighted by Crippen LogP contribution is -2.37. The Kier molecular flexibility index (Phi) is 5.26. The Balaban J connectivity index is 2.13. The number of rotatable bonds is 5. The van der Waals surface area contributed by atoms with Crippen molar-refractivity contribution in [1.29, 1.82) is 0 Å². The number of likely N-dealkylation sites (tertiary alicyclic amines) is 1. The van der Waals surface area contributed by atoms with Crippen molar-refractivity contribution in [3.05, 3.63) is 0 Å². The fraction of sp³-hybridized carbons (Fsp3) is 1.00. The molecule has 2 N–H and O–H groups in total. The smallest absolute Gasteiger partial charge is 0.00975 e. The molecule has 1 saturated heterocycles. The highest BCUT2D eigenvalue weighted by Crippen LogP contribution is 2.24. The van der Waals surface area contributed by atoms with Crippen LogP contribution in [0.2, 0.25) is 0 Å². The third-order valence-electron chi connectivity index (χ3n) is 3.87. The van der Waals surface area contributed by atoms with Gasteiger partial charge in [-0.2, -0.15) is 0 Å². The minimum absolute atomic E-state index is 0.0102. The Labute approximate surface area is 102 Å². The van der Waals surface area contributed by atoms with Crippen molar-refractivity contribution >= 4 is 0 Å². The van der Waals surface area contributed by atoms with Gasteiger partial charge in [-0.1, -0.05) is 13.8 Å². The number of piperidine rings is 1. The van der Waals surface area contributed by atoms with E-state index in [0.717, 1.165) is 18.3 Å². The van der Waals surface area contributed by atoms with Crippen molar-refractivity contribution in [2.45, 2.75) is 58.9 Å². The van der Waals surface area contributed by atoms with Gasteiger partial charge in [-0.25, -0.2) is 0 Å². The van der Waals surface area contributed by atoms with Gasteiger partial charge in [0, 0.05) is 5.54 Å². The van der Waals surface area contributed by atoms with E-state index in [-0.39, 0.29) is 5.54 Å². The third-order valence-corrected chi connectivity index (χ3v) is 3.87. The van der Waals surface area contributed by atoms with Gasteiger partial charge >= 0.3 is 0 Å². The third kappa shape index (κ3) is 5.31. The summed E-state index contributed by atoms with van der Waals surface area (Å²) in [6, 6.07) is 0. The Morgan fingerprint density at radius 1 is 1.25 bits per heavy atom. The maximum absolute atomic E-state index is 5.99. The highest BCUT2D eigenvalue weighted by molar-refractivity contribution is 4.76. The van der Waals surface area contributed by atoms with Crippen LogP contribution in [0.1, 0.15) is 53.4 Å². The maximum atomic E-state index is 5.99. The van der Waals surface area contributed by atoms with Gasteiger partial charge in [-0.05, 0) is 71.0 Å². The van der Waals surface area contributed by atoms with E-state index in [1.165, 1.54) is 38.9 Å². The Morgan fingerprint density at radius 3 is 2.25 bits per heavy atom. The van der Waals surface area contributed by atoms with Gasteiger partial charge < -0.3 is 10.6 Å². The molecule has 0 bridgehead atoms. The molecule has 1 fully saturated rings. The minimum atomic E-state index is 0.0102. The second kappa shape index (κ2) is 6.02. The van der Waals surface area contributed by atoms with Crippen LogP contribution >= 0.6 is 0 Å². The van der Waals surface area contributed by atoms with E-state index in [0.29, 0.717) is 0 Å². The van der Waals surface area contributed by atoms with Crippen LogP contribution in [0.3, 0.4) is 0 Å². The standard InChI is InChI=1S/C14H30N2/c1-12(2)13-6-10-16(11-7-13)9-5-8-14(3,4)15/h12-13H,5-11,15H2,1-4H3. The van der Waals surface area contributed by atoms with Gasteiger partial charge in [-0.15, -0.1) is 0 Å². The first kappa shape index (κ1) is 14.0. The van der Waals surface area contributed by atoms with Gasteiger partial charge in [0.25, 0.3) is 0 Å². The molecule has 2 nitrogen and oxygen atoms in total. The highest BCUT2D eigenvalue weighted by atomic mass is 15.1. The molecule has 0 aromatic heterocycles. The largest absolute Gasteiger partial charge is 0.326 e. The summed E-state index contributed by atoms with van der Waals surface area (Å²) in [6.45, 7) is 12.8. The quantitative estimate of drug-likeness (QED) is 0.781.